The summed E-state index contributed by atoms with van der Waals surface area (Å²) >= 11 is 0. The number of amides is 3. The van der Waals surface area contributed by atoms with Crippen molar-refractivity contribution in [1.82, 2.24) is 14.5 Å². The zero-order chi connectivity index (χ0) is 27.9. The van der Waals surface area contributed by atoms with Crippen molar-refractivity contribution in [3.05, 3.63) is 70.1 Å². The Bertz CT molecular complexity index is 1600. The van der Waals surface area contributed by atoms with Gasteiger partial charge in [0.25, 0.3) is 5.91 Å². The lowest BCUT2D eigenvalue weighted by molar-refractivity contribution is -0.130. The Kier molecular flexibility index (Phi) is 6.98. The van der Waals surface area contributed by atoms with Gasteiger partial charge in [-0.25, -0.2) is 18.0 Å². The SMILES string of the molecule is CCN(CC)c1ccc2c(C)c(CCN3C(=O)NC4(CCN(S(=O)(=O)c5ccccc5)C4)C3=O)c(=O)oc2c1. The molecule has 3 heterocycles. The zero-order valence-electron chi connectivity index (χ0n) is 22.3. The van der Waals surface area contributed by atoms with Crippen LogP contribution in [0.4, 0.5) is 10.5 Å². The van der Waals surface area contributed by atoms with Crippen molar-refractivity contribution >= 4 is 38.6 Å². The van der Waals surface area contributed by atoms with E-state index in [1.54, 1.807) is 18.2 Å². The van der Waals surface area contributed by atoms with Gasteiger partial charge >= 0.3 is 11.7 Å². The number of fused-ring (bicyclic) bond motifs is 1. The van der Waals surface area contributed by atoms with Crippen LogP contribution >= 0.6 is 0 Å². The molecule has 1 aromatic heterocycles. The standard InChI is InChI=1S/C28H32N4O6S/c1-4-30(5-2)20-11-12-22-19(3)23(25(33)38-24(22)17-20)13-15-32-26(34)28(29-27(32)35)14-16-31(18-28)39(36,37)21-9-7-6-8-10-21/h6-12,17H,4-5,13-16,18H2,1-3H3,(H,29,35). The highest BCUT2D eigenvalue weighted by Gasteiger charge is 2.56. The molecule has 2 aromatic carbocycles. The first-order valence-electron chi connectivity index (χ1n) is 13.1. The van der Waals surface area contributed by atoms with Crippen LogP contribution in [0.25, 0.3) is 11.0 Å². The van der Waals surface area contributed by atoms with Crippen LogP contribution in [0, 0.1) is 6.92 Å². The minimum Gasteiger partial charge on any atom is -0.422 e. The molecular weight excluding hydrogens is 520 g/mol. The number of carbonyl (C=O) groups excluding carboxylic acids is 2. The summed E-state index contributed by atoms with van der Waals surface area (Å²) in [6, 6.07) is 13.2. The Balaban J connectivity index is 1.34. The maximum atomic E-state index is 13.4. The number of hydrogen-bond acceptors (Lipinski definition) is 7. The second-order valence-electron chi connectivity index (χ2n) is 9.97. The van der Waals surface area contributed by atoms with Crippen LogP contribution in [0.1, 0.15) is 31.4 Å². The van der Waals surface area contributed by atoms with Gasteiger partial charge in [-0.05, 0) is 63.4 Å². The summed E-state index contributed by atoms with van der Waals surface area (Å²) in [7, 11) is -3.81. The molecule has 2 aliphatic rings. The fourth-order valence-corrected chi connectivity index (χ4v) is 7.08. The third-order valence-electron chi connectivity index (χ3n) is 7.85. The van der Waals surface area contributed by atoms with Crippen molar-refractivity contribution in [3.8, 4) is 0 Å². The van der Waals surface area contributed by atoms with Crippen LogP contribution in [-0.4, -0.2) is 67.8 Å². The average Bonchev–Trinajstić information content (AvgIpc) is 3.46. The van der Waals surface area contributed by atoms with E-state index in [0.29, 0.717) is 11.1 Å². The Morgan fingerprint density at radius 2 is 1.77 bits per heavy atom. The summed E-state index contributed by atoms with van der Waals surface area (Å²) in [6.45, 7) is 7.55. The monoisotopic (exact) mass is 552 g/mol. The van der Waals surface area contributed by atoms with Crippen molar-refractivity contribution in [2.24, 2.45) is 0 Å². The number of sulfonamides is 1. The lowest BCUT2D eigenvalue weighted by Crippen LogP contribution is -2.50. The molecule has 206 valence electrons. The molecule has 1 unspecified atom stereocenters. The van der Waals surface area contributed by atoms with Gasteiger partial charge in [-0.2, -0.15) is 4.31 Å². The van der Waals surface area contributed by atoms with Crippen molar-refractivity contribution in [2.75, 3.05) is 37.6 Å². The lowest BCUT2D eigenvalue weighted by Gasteiger charge is -2.22. The zero-order valence-corrected chi connectivity index (χ0v) is 23.1. The molecule has 10 nitrogen and oxygen atoms in total. The minimum atomic E-state index is -3.81. The highest BCUT2D eigenvalue weighted by molar-refractivity contribution is 7.89. The Labute approximate surface area is 227 Å². The first-order chi connectivity index (χ1) is 18.6. The highest BCUT2D eigenvalue weighted by Crippen LogP contribution is 2.32. The molecule has 3 aromatic rings. The molecule has 0 radical (unpaired) electrons. The number of benzene rings is 2. The van der Waals surface area contributed by atoms with Crippen LogP contribution in [0.5, 0.6) is 0 Å². The lowest BCUT2D eigenvalue weighted by atomic mass is 9.98. The second-order valence-corrected chi connectivity index (χ2v) is 11.9. The number of nitrogens with zero attached hydrogens (tertiary/aromatic N) is 3. The van der Waals surface area contributed by atoms with Crippen molar-refractivity contribution in [3.63, 3.8) is 0 Å². The Hall–Kier alpha value is -3.70. The molecule has 3 amide bonds. The van der Waals surface area contributed by atoms with E-state index in [1.807, 2.05) is 25.1 Å². The van der Waals surface area contributed by atoms with Gasteiger partial charge in [-0.1, -0.05) is 18.2 Å². The molecule has 5 rings (SSSR count). The van der Waals surface area contributed by atoms with E-state index in [-0.39, 0.29) is 37.4 Å². The van der Waals surface area contributed by atoms with Gasteiger partial charge in [0.1, 0.15) is 11.1 Å². The first-order valence-corrected chi connectivity index (χ1v) is 14.6. The number of hydrogen-bond donors (Lipinski definition) is 1. The van der Waals surface area contributed by atoms with E-state index in [0.717, 1.165) is 34.6 Å². The van der Waals surface area contributed by atoms with Gasteiger partial charge in [0.15, 0.2) is 0 Å². The molecule has 1 N–H and O–H groups in total. The summed E-state index contributed by atoms with van der Waals surface area (Å²) < 4.78 is 33.0. The summed E-state index contributed by atoms with van der Waals surface area (Å²) in [6.07, 6.45) is 0.301. The van der Waals surface area contributed by atoms with Gasteiger partial charge in [-0.3, -0.25) is 9.69 Å². The molecule has 1 atom stereocenters. The summed E-state index contributed by atoms with van der Waals surface area (Å²) in [5.41, 5.74) is 0.787. The van der Waals surface area contributed by atoms with Crippen molar-refractivity contribution < 1.29 is 22.4 Å². The topological polar surface area (TPSA) is 120 Å². The molecule has 39 heavy (non-hydrogen) atoms. The quantitative estimate of drug-likeness (QED) is 0.337. The molecule has 11 heteroatoms. The van der Waals surface area contributed by atoms with Gasteiger partial charge < -0.3 is 14.6 Å². The minimum absolute atomic E-state index is 0.0213. The van der Waals surface area contributed by atoms with Gasteiger partial charge in [0.05, 0.1) is 4.90 Å². The molecule has 2 aliphatic heterocycles. The number of urea groups is 1. The number of aryl methyl sites for hydroxylation is 1. The molecular formula is C28H32N4O6S. The van der Waals surface area contributed by atoms with E-state index in [2.05, 4.69) is 24.1 Å². The molecule has 0 saturated carbocycles. The summed E-state index contributed by atoms with van der Waals surface area (Å²) in [5, 5.41) is 3.53. The third kappa shape index (κ3) is 4.59. The van der Waals surface area contributed by atoms with Crippen molar-refractivity contribution in [1.29, 1.82) is 0 Å². The Morgan fingerprint density at radius 1 is 1.05 bits per heavy atom. The van der Waals surface area contributed by atoms with Gasteiger partial charge in [-0.15, -0.1) is 0 Å². The van der Waals surface area contributed by atoms with E-state index in [9.17, 15) is 22.8 Å². The van der Waals surface area contributed by atoms with E-state index in [4.69, 9.17) is 4.42 Å². The van der Waals surface area contributed by atoms with Crippen LogP contribution in [0.15, 0.2) is 62.6 Å². The maximum absolute atomic E-state index is 13.4. The van der Waals surface area contributed by atoms with Crippen LogP contribution < -0.4 is 15.8 Å². The van der Waals surface area contributed by atoms with Crippen LogP contribution in [0.3, 0.4) is 0 Å². The smallest absolute Gasteiger partial charge is 0.339 e. The highest BCUT2D eigenvalue weighted by atomic mass is 32.2. The number of imide groups is 1. The molecule has 0 bridgehead atoms. The predicted molar refractivity (Wildman–Crippen MR) is 147 cm³/mol. The fraction of sp³-hybridized carbons (Fsp3) is 0.393. The van der Waals surface area contributed by atoms with E-state index < -0.39 is 33.1 Å². The predicted octanol–water partition coefficient (Wildman–Crippen LogP) is 2.88. The average molecular weight is 553 g/mol. The third-order valence-corrected chi connectivity index (χ3v) is 9.71. The molecule has 0 aliphatic carbocycles. The Morgan fingerprint density at radius 3 is 2.46 bits per heavy atom. The molecule has 2 fully saturated rings. The summed E-state index contributed by atoms with van der Waals surface area (Å²) in [5.74, 6) is -0.482. The second kappa shape index (κ2) is 10.1. The van der Waals surface area contributed by atoms with Gasteiger partial charge in [0.2, 0.25) is 10.0 Å². The fourth-order valence-electron chi connectivity index (χ4n) is 5.56. The number of anilines is 1. The number of carbonyl (C=O) groups is 2. The first kappa shape index (κ1) is 26.9. The normalized spacial score (nSPS) is 19.8. The largest absolute Gasteiger partial charge is 0.422 e. The summed E-state index contributed by atoms with van der Waals surface area (Å²) in [4.78, 5) is 42.6. The maximum Gasteiger partial charge on any atom is 0.339 e. The molecule has 2 saturated heterocycles. The van der Waals surface area contributed by atoms with Crippen LogP contribution in [0.2, 0.25) is 0 Å². The van der Waals surface area contributed by atoms with Crippen molar-refractivity contribution in [2.45, 2.75) is 44.0 Å². The van der Waals surface area contributed by atoms with Gasteiger partial charge in [0, 0.05) is 55.4 Å². The molecule has 1 spiro atoms. The number of rotatable bonds is 8. The van der Waals surface area contributed by atoms with Crippen LogP contribution in [-0.2, 0) is 21.2 Å². The van der Waals surface area contributed by atoms with E-state index >= 15 is 0 Å². The van der Waals surface area contributed by atoms with E-state index in [1.165, 1.54) is 16.4 Å². The number of nitrogens with one attached hydrogen (secondary N) is 1.